The van der Waals surface area contributed by atoms with Crippen LogP contribution in [0.2, 0.25) is 25.2 Å². The fourth-order valence-electron chi connectivity index (χ4n) is 1.52. The third-order valence-corrected chi connectivity index (χ3v) is 5.65. The van der Waals surface area contributed by atoms with E-state index in [-0.39, 0.29) is 0 Å². The number of hydrogen-bond donors (Lipinski definition) is 0. The first-order chi connectivity index (χ1) is 6.64. The van der Waals surface area contributed by atoms with Crippen LogP contribution in [-0.2, 0) is 9.47 Å². The van der Waals surface area contributed by atoms with Gasteiger partial charge in [0.1, 0.15) is 6.10 Å². The van der Waals surface area contributed by atoms with Gasteiger partial charge >= 0.3 is 0 Å². The quantitative estimate of drug-likeness (QED) is 0.268. The highest BCUT2D eigenvalue weighted by molar-refractivity contribution is 6.77. The first-order valence-electron chi connectivity index (χ1n) is 5.44. The summed E-state index contributed by atoms with van der Waals surface area (Å²) in [6.45, 7) is 11.2. The van der Waals surface area contributed by atoms with Crippen LogP contribution >= 0.6 is 0 Å². The summed E-state index contributed by atoms with van der Waals surface area (Å²) in [6.07, 6.45) is 3.67. The van der Waals surface area contributed by atoms with E-state index >= 15 is 0 Å². The summed E-state index contributed by atoms with van der Waals surface area (Å²) in [5.74, 6) is 0. The van der Waals surface area contributed by atoms with Crippen molar-refractivity contribution in [1.29, 1.82) is 0 Å². The van der Waals surface area contributed by atoms with Crippen molar-refractivity contribution < 1.29 is 9.47 Å². The fraction of sp³-hybridized carbons (Fsp3) is 0.818. The molecule has 0 bridgehead atoms. The zero-order valence-corrected chi connectivity index (χ0v) is 10.4. The largest absolute Gasteiger partial charge is 0.379 e. The lowest BCUT2D eigenvalue weighted by molar-refractivity contribution is 0.117. The second-order valence-corrected chi connectivity index (χ2v) is 10.0. The minimum absolute atomic E-state index is 0.411. The maximum atomic E-state index is 5.50. The highest BCUT2D eigenvalue weighted by atomic mass is 28.3. The molecule has 82 valence electrons. The van der Waals surface area contributed by atoms with E-state index in [4.69, 9.17) is 9.47 Å². The highest BCUT2D eigenvalue weighted by Crippen LogP contribution is 2.17. The Hall–Kier alpha value is -0.123. The summed E-state index contributed by atoms with van der Waals surface area (Å²) in [7, 11) is -0.994. The molecule has 1 aliphatic heterocycles. The van der Waals surface area contributed by atoms with Gasteiger partial charge in [-0.2, -0.15) is 0 Å². The molecule has 0 radical (unpaired) electrons. The summed E-state index contributed by atoms with van der Waals surface area (Å²) < 4.78 is 10.6. The molecule has 0 aromatic heterocycles. The van der Waals surface area contributed by atoms with Gasteiger partial charge in [0.05, 0.1) is 21.3 Å². The van der Waals surface area contributed by atoms with Crippen LogP contribution in [0.3, 0.4) is 0 Å². The molecule has 1 unspecified atom stereocenters. The van der Waals surface area contributed by atoms with E-state index in [0.29, 0.717) is 6.10 Å². The van der Waals surface area contributed by atoms with Crippen molar-refractivity contribution in [2.45, 2.75) is 37.7 Å². The van der Waals surface area contributed by atoms with Gasteiger partial charge in [0.2, 0.25) is 0 Å². The molecule has 0 saturated carbocycles. The first kappa shape index (κ1) is 11.9. The van der Waals surface area contributed by atoms with Crippen molar-refractivity contribution in [3.8, 4) is 0 Å². The number of rotatable bonds is 8. The Morgan fingerprint density at radius 2 is 2.29 bits per heavy atom. The molecule has 14 heavy (non-hydrogen) atoms. The van der Waals surface area contributed by atoms with E-state index in [1.165, 1.54) is 18.5 Å². The van der Waals surface area contributed by atoms with Crippen LogP contribution in [0.4, 0.5) is 0 Å². The van der Waals surface area contributed by atoms with Crippen molar-refractivity contribution in [2.24, 2.45) is 0 Å². The minimum Gasteiger partial charge on any atom is -0.379 e. The normalized spacial score (nSPS) is 20.9. The van der Waals surface area contributed by atoms with Crippen molar-refractivity contribution >= 4 is 8.07 Å². The van der Waals surface area contributed by atoms with E-state index in [1.807, 2.05) is 0 Å². The summed E-state index contributed by atoms with van der Waals surface area (Å²) in [4.78, 5) is 0. The van der Waals surface area contributed by atoms with Crippen molar-refractivity contribution in [3.05, 3.63) is 12.7 Å². The summed E-state index contributed by atoms with van der Waals surface area (Å²) >= 11 is 0. The molecule has 1 saturated heterocycles. The molecule has 0 aromatic carbocycles. The Kier molecular flexibility index (Phi) is 4.85. The SMILES string of the molecule is C=CC[Si](C)(C)CCCOCC1CO1. The second-order valence-electron chi connectivity index (χ2n) is 4.79. The predicted octanol–water partition coefficient (Wildman–Crippen LogP) is 2.69. The van der Waals surface area contributed by atoms with Crippen LogP contribution < -0.4 is 0 Å². The third kappa shape index (κ3) is 5.57. The Morgan fingerprint density at radius 1 is 1.57 bits per heavy atom. The molecule has 0 aliphatic carbocycles. The second kappa shape index (κ2) is 5.68. The highest BCUT2D eigenvalue weighted by Gasteiger charge is 2.22. The van der Waals surface area contributed by atoms with Gasteiger partial charge in [-0.05, 0) is 12.5 Å². The standard InChI is InChI=1S/C11H22O2Si/c1-4-7-14(2,3)8-5-6-12-9-11-10-13-11/h4,11H,1,5-10H2,2-3H3. The van der Waals surface area contributed by atoms with Gasteiger partial charge in [0.25, 0.3) is 0 Å². The lowest BCUT2D eigenvalue weighted by Gasteiger charge is -2.19. The minimum atomic E-state index is -0.994. The molecule has 1 atom stereocenters. The van der Waals surface area contributed by atoms with Crippen molar-refractivity contribution in [2.75, 3.05) is 19.8 Å². The fourth-order valence-corrected chi connectivity index (χ4v) is 3.61. The van der Waals surface area contributed by atoms with Gasteiger partial charge in [0.15, 0.2) is 0 Å². The molecule has 1 heterocycles. The molecule has 0 N–H and O–H groups in total. The van der Waals surface area contributed by atoms with Crippen molar-refractivity contribution in [3.63, 3.8) is 0 Å². The van der Waals surface area contributed by atoms with E-state index in [9.17, 15) is 0 Å². The zero-order chi connectivity index (χ0) is 10.4. The van der Waals surface area contributed by atoms with Crippen LogP contribution in [0.15, 0.2) is 12.7 Å². The average molecular weight is 214 g/mol. The molecule has 0 aromatic rings. The lowest BCUT2D eigenvalue weighted by atomic mass is 10.5. The lowest BCUT2D eigenvalue weighted by Crippen LogP contribution is -2.24. The van der Waals surface area contributed by atoms with Gasteiger partial charge in [-0.1, -0.05) is 25.2 Å². The van der Waals surface area contributed by atoms with Gasteiger partial charge in [-0.15, -0.1) is 6.58 Å². The maximum Gasteiger partial charge on any atom is 0.104 e. The Balaban J connectivity index is 1.92. The van der Waals surface area contributed by atoms with E-state index in [0.717, 1.165) is 19.8 Å². The van der Waals surface area contributed by atoms with E-state index in [1.54, 1.807) is 0 Å². The molecule has 1 fully saturated rings. The number of ether oxygens (including phenoxy) is 2. The average Bonchev–Trinajstić information content (AvgIpc) is 2.87. The topological polar surface area (TPSA) is 21.8 Å². The van der Waals surface area contributed by atoms with Crippen LogP contribution in [0.5, 0.6) is 0 Å². The predicted molar refractivity (Wildman–Crippen MR) is 62.5 cm³/mol. The molecule has 1 aliphatic rings. The van der Waals surface area contributed by atoms with Crippen LogP contribution in [0.1, 0.15) is 6.42 Å². The molecular weight excluding hydrogens is 192 g/mol. The Bertz CT molecular complexity index is 176. The van der Waals surface area contributed by atoms with Crippen molar-refractivity contribution in [1.82, 2.24) is 0 Å². The smallest absolute Gasteiger partial charge is 0.104 e. The summed E-state index contributed by atoms with van der Waals surface area (Å²) in [5, 5.41) is 0. The van der Waals surface area contributed by atoms with E-state index in [2.05, 4.69) is 25.7 Å². The summed E-state index contributed by atoms with van der Waals surface area (Å²) in [6, 6.07) is 2.56. The molecule has 3 heteroatoms. The number of allylic oxidation sites excluding steroid dienone is 1. The molecule has 1 rings (SSSR count). The van der Waals surface area contributed by atoms with Crippen LogP contribution in [0, 0.1) is 0 Å². The zero-order valence-electron chi connectivity index (χ0n) is 9.42. The first-order valence-corrected chi connectivity index (χ1v) is 8.86. The third-order valence-electron chi connectivity index (χ3n) is 2.55. The van der Waals surface area contributed by atoms with Gasteiger partial charge in [-0.25, -0.2) is 0 Å². The molecule has 2 nitrogen and oxygen atoms in total. The van der Waals surface area contributed by atoms with Gasteiger partial charge in [0, 0.05) is 6.61 Å². The Morgan fingerprint density at radius 3 is 2.86 bits per heavy atom. The van der Waals surface area contributed by atoms with Crippen LogP contribution in [-0.4, -0.2) is 34.0 Å². The van der Waals surface area contributed by atoms with Crippen LogP contribution in [0.25, 0.3) is 0 Å². The Labute approximate surface area is 88.3 Å². The summed E-state index contributed by atoms with van der Waals surface area (Å²) in [5.41, 5.74) is 0. The maximum absolute atomic E-state index is 5.50. The molecule has 0 spiro atoms. The molecular formula is C11H22O2Si. The molecule has 0 amide bonds. The van der Waals surface area contributed by atoms with Gasteiger partial charge in [-0.3, -0.25) is 0 Å². The number of epoxide rings is 1. The van der Waals surface area contributed by atoms with E-state index < -0.39 is 8.07 Å². The number of hydrogen-bond acceptors (Lipinski definition) is 2. The van der Waals surface area contributed by atoms with Gasteiger partial charge < -0.3 is 9.47 Å². The monoisotopic (exact) mass is 214 g/mol.